The van der Waals surface area contributed by atoms with Gasteiger partial charge in [-0.25, -0.2) is 18.9 Å². The van der Waals surface area contributed by atoms with Gasteiger partial charge in [0.1, 0.15) is 17.1 Å². The summed E-state index contributed by atoms with van der Waals surface area (Å²) in [5, 5.41) is 2.40. The van der Waals surface area contributed by atoms with Crippen LogP contribution in [0.2, 0.25) is 5.02 Å². The van der Waals surface area contributed by atoms with Crippen LogP contribution >= 0.6 is 11.6 Å². The highest BCUT2D eigenvalue weighted by atomic mass is 35.5. The summed E-state index contributed by atoms with van der Waals surface area (Å²) < 4.78 is 25.0. The zero-order chi connectivity index (χ0) is 28.1. The van der Waals surface area contributed by atoms with Crippen molar-refractivity contribution in [3.63, 3.8) is 0 Å². The fraction of sp³-hybridized carbons (Fsp3) is 0.172. The number of benzene rings is 3. The minimum absolute atomic E-state index is 0.150. The number of ether oxygens (including phenoxy) is 2. The standard InChI is InChI=1S/C29H24ClFN2O6/c1-3-38-25-15-17(14-23(30)21(25)16-19-7-5-6-8-24(19)31)13-22-26(34)32-29(37)33(27(22)35)20-11-9-18(10-12-20)28(36)39-4-2/h5-15H,3-4,16H2,1-2H3,(H,32,34,37)/b22-13+. The van der Waals surface area contributed by atoms with Crippen LogP contribution in [-0.4, -0.2) is 37.0 Å². The van der Waals surface area contributed by atoms with E-state index in [1.54, 1.807) is 38.1 Å². The van der Waals surface area contributed by atoms with E-state index in [2.05, 4.69) is 5.32 Å². The quantitative estimate of drug-likeness (QED) is 0.232. The number of carbonyl (C=O) groups is 4. The molecule has 1 aliphatic rings. The van der Waals surface area contributed by atoms with Gasteiger partial charge in [-0.05, 0) is 73.5 Å². The molecular formula is C29H24ClFN2O6. The van der Waals surface area contributed by atoms with Crippen LogP contribution in [0, 0.1) is 5.82 Å². The van der Waals surface area contributed by atoms with Crippen LogP contribution in [0.4, 0.5) is 14.9 Å². The van der Waals surface area contributed by atoms with Crippen molar-refractivity contribution in [3.05, 3.63) is 99.3 Å². The molecule has 0 aromatic heterocycles. The SMILES string of the molecule is CCOC(=O)c1ccc(N2C(=O)NC(=O)/C(=C\c3cc(Cl)c(Cc4ccccc4F)c(OCC)c3)C2=O)cc1. The average Bonchev–Trinajstić information content (AvgIpc) is 2.90. The van der Waals surface area contributed by atoms with Crippen LogP contribution in [0.3, 0.4) is 0 Å². The van der Waals surface area contributed by atoms with Crippen LogP contribution in [0.5, 0.6) is 5.75 Å². The molecular weight excluding hydrogens is 527 g/mol. The first-order valence-electron chi connectivity index (χ1n) is 12.1. The molecule has 4 rings (SSSR count). The molecule has 0 aliphatic carbocycles. The highest BCUT2D eigenvalue weighted by Gasteiger charge is 2.37. The van der Waals surface area contributed by atoms with Crippen LogP contribution in [0.1, 0.15) is 40.9 Å². The highest BCUT2D eigenvalue weighted by molar-refractivity contribution is 6.39. The van der Waals surface area contributed by atoms with Gasteiger partial charge in [0.25, 0.3) is 11.8 Å². The number of hydrogen-bond acceptors (Lipinski definition) is 6. The first kappa shape index (κ1) is 27.5. The Kier molecular flexibility index (Phi) is 8.41. The Bertz CT molecular complexity index is 1490. The summed E-state index contributed by atoms with van der Waals surface area (Å²) in [4.78, 5) is 51.2. The largest absolute Gasteiger partial charge is 0.494 e. The van der Waals surface area contributed by atoms with E-state index in [4.69, 9.17) is 21.1 Å². The van der Waals surface area contributed by atoms with Gasteiger partial charge < -0.3 is 9.47 Å². The molecule has 1 aliphatic heterocycles. The second-order valence-corrected chi connectivity index (χ2v) is 8.81. The fourth-order valence-corrected chi connectivity index (χ4v) is 4.31. The van der Waals surface area contributed by atoms with E-state index in [-0.39, 0.29) is 40.7 Å². The van der Waals surface area contributed by atoms with Crippen LogP contribution in [-0.2, 0) is 20.7 Å². The van der Waals surface area contributed by atoms with Gasteiger partial charge in [-0.15, -0.1) is 0 Å². The zero-order valence-electron chi connectivity index (χ0n) is 21.1. The van der Waals surface area contributed by atoms with Gasteiger partial charge in [-0.1, -0.05) is 29.8 Å². The Morgan fingerprint density at radius 1 is 1.03 bits per heavy atom. The lowest BCUT2D eigenvalue weighted by Crippen LogP contribution is -2.54. The smallest absolute Gasteiger partial charge is 0.338 e. The first-order chi connectivity index (χ1) is 18.7. The van der Waals surface area contributed by atoms with E-state index < -0.39 is 23.8 Å². The summed E-state index contributed by atoms with van der Waals surface area (Å²) in [6.07, 6.45) is 1.46. The molecule has 200 valence electrons. The number of hydrogen-bond donors (Lipinski definition) is 1. The number of urea groups is 1. The lowest BCUT2D eigenvalue weighted by molar-refractivity contribution is -0.122. The maximum Gasteiger partial charge on any atom is 0.338 e. The first-order valence-corrected chi connectivity index (χ1v) is 12.5. The molecule has 39 heavy (non-hydrogen) atoms. The molecule has 3 aromatic rings. The third-order valence-corrected chi connectivity index (χ3v) is 6.19. The molecule has 0 atom stereocenters. The van der Waals surface area contributed by atoms with Gasteiger partial charge in [0, 0.05) is 17.0 Å². The number of imide groups is 2. The van der Waals surface area contributed by atoms with Crippen LogP contribution < -0.4 is 15.0 Å². The predicted octanol–water partition coefficient (Wildman–Crippen LogP) is 5.31. The van der Waals surface area contributed by atoms with Gasteiger partial charge >= 0.3 is 12.0 Å². The van der Waals surface area contributed by atoms with Gasteiger partial charge in [0.05, 0.1) is 24.5 Å². The summed E-state index contributed by atoms with van der Waals surface area (Å²) in [6.45, 7) is 3.95. The average molecular weight is 551 g/mol. The number of rotatable bonds is 8. The van der Waals surface area contributed by atoms with Crippen molar-refractivity contribution in [2.24, 2.45) is 0 Å². The molecule has 1 fully saturated rings. The Balaban J connectivity index is 1.67. The number of anilines is 1. The van der Waals surface area contributed by atoms with Crippen molar-refractivity contribution in [3.8, 4) is 5.75 Å². The Labute approximate surface area is 229 Å². The summed E-state index contributed by atoms with van der Waals surface area (Å²) in [7, 11) is 0. The predicted molar refractivity (Wildman–Crippen MR) is 143 cm³/mol. The van der Waals surface area contributed by atoms with Gasteiger partial charge in [-0.3, -0.25) is 14.9 Å². The van der Waals surface area contributed by atoms with Crippen LogP contribution in [0.25, 0.3) is 6.08 Å². The second-order valence-electron chi connectivity index (χ2n) is 8.41. The second kappa shape index (κ2) is 11.9. The molecule has 10 heteroatoms. The lowest BCUT2D eigenvalue weighted by Gasteiger charge is -2.26. The van der Waals surface area contributed by atoms with Crippen molar-refractivity contribution in [1.82, 2.24) is 5.32 Å². The number of halogens is 2. The molecule has 0 saturated carbocycles. The number of amides is 4. The number of barbiturate groups is 1. The molecule has 3 aromatic carbocycles. The summed E-state index contributed by atoms with van der Waals surface area (Å²) in [5.74, 6) is -2.31. The molecule has 1 N–H and O–H groups in total. The fourth-order valence-electron chi connectivity index (χ4n) is 4.02. The van der Waals surface area contributed by atoms with Gasteiger partial charge in [0.2, 0.25) is 0 Å². The maximum atomic E-state index is 14.3. The minimum atomic E-state index is -0.931. The van der Waals surface area contributed by atoms with Crippen molar-refractivity contribution in [2.75, 3.05) is 18.1 Å². The third kappa shape index (κ3) is 5.99. The molecule has 8 nitrogen and oxygen atoms in total. The third-order valence-electron chi connectivity index (χ3n) is 5.85. The molecule has 4 amide bonds. The van der Waals surface area contributed by atoms with Crippen LogP contribution in [0.15, 0.2) is 66.2 Å². The molecule has 1 heterocycles. The van der Waals surface area contributed by atoms with E-state index in [1.807, 2.05) is 0 Å². The molecule has 0 radical (unpaired) electrons. The van der Waals surface area contributed by atoms with Crippen molar-refractivity contribution in [1.29, 1.82) is 0 Å². The highest BCUT2D eigenvalue weighted by Crippen LogP contribution is 2.33. The maximum absolute atomic E-state index is 14.3. The number of esters is 1. The van der Waals surface area contributed by atoms with Gasteiger partial charge in [0.15, 0.2) is 0 Å². The Hall–Kier alpha value is -4.50. The summed E-state index contributed by atoms with van der Waals surface area (Å²) in [5.41, 5.74) is 1.42. The van der Waals surface area contributed by atoms with Gasteiger partial charge in [-0.2, -0.15) is 0 Å². The molecule has 0 bridgehead atoms. The topological polar surface area (TPSA) is 102 Å². The summed E-state index contributed by atoms with van der Waals surface area (Å²) in [6, 6.07) is 14.1. The van der Waals surface area contributed by atoms with E-state index in [1.165, 1.54) is 42.5 Å². The number of nitrogens with one attached hydrogen (secondary N) is 1. The Morgan fingerprint density at radius 2 is 1.74 bits per heavy atom. The molecule has 0 spiro atoms. The summed E-state index contributed by atoms with van der Waals surface area (Å²) >= 11 is 6.55. The van der Waals surface area contributed by atoms with E-state index in [9.17, 15) is 23.6 Å². The van der Waals surface area contributed by atoms with Crippen molar-refractivity contribution >= 4 is 47.2 Å². The minimum Gasteiger partial charge on any atom is -0.494 e. The normalized spacial score (nSPS) is 14.4. The van der Waals surface area contributed by atoms with Crippen molar-refractivity contribution in [2.45, 2.75) is 20.3 Å². The number of nitrogens with zero attached hydrogens (tertiary/aromatic N) is 1. The van der Waals surface area contributed by atoms with E-state index in [0.29, 0.717) is 29.0 Å². The zero-order valence-corrected chi connectivity index (χ0v) is 21.9. The monoisotopic (exact) mass is 550 g/mol. The molecule has 1 saturated heterocycles. The van der Waals surface area contributed by atoms with E-state index in [0.717, 1.165) is 4.90 Å². The lowest BCUT2D eigenvalue weighted by atomic mass is 10.00. The van der Waals surface area contributed by atoms with E-state index >= 15 is 0 Å². The Morgan fingerprint density at radius 3 is 2.41 bits per heavy atom. The number of carbonyl (C=O) groups excluding carboxylic acids is 4. The van der Waals surface area contributed by atoms with Crippen molar-refractivity contribution < 1.29 is 33.0 Å². The molecule has 0 unspecified atom stereocenters.